The van der Waals surface area contributed by atoms with Crippen LogP contribution in [0.5, 0.6) is 0 Å². The second-order valence-corrected chi connectivity index (χ2v) is 6.43. The minimum atomic E-state index is -5.07. The lowest BCUT2D eigenvalue weighted by atomic mass is 9.89. The largest absolute Gasteiger partial charge is 0.451 e. The third-order valence-corrected chi connectivity index (χ3v) is 4.12. The third-order valence-electron chi connectivity index (χ3n) is 3.39. The summed E-state index contributed by atoms with van der Waals surface area (Å²) in [6.07, 6.45) is -6.95. The van der Waals surface area contributed by atoms with Crippen molar-refractivity contribution in [3.05, 3.63) is 0 Å². The van der Waals surface area contributed by atoms with E-state index >= 15 is 0 Å². The first-order chi connectivity index (χ1) is 9.06. The van der Waals surface area contributed by atoms with Gasteiger partial charge in [0, 0.05) is 0 Å². The van der Waals surface area contributed by atoms with Crippen molar-refractivity contribution < 1.29 is 40.4 Å². The molecule has 0 aromatic heterocycles. The molecule has 2 fully saturated rings. The Labute approximate surface area is 113 Å². The first-order valence-electron chi connectivity index (χ1n) is 5.94. The fourth-order valence-electron chi connectivity index (χ4n) is 2.50. The van der Waals surface area contributed by atoms with Crippen LogP contribution in [-0.4, -0.2) is 49.2 Å². The van der Waals surface area contributed by atoms with Crippen LogP contribution < -0.4 is 0 Å². The summed E-state index contributed by atoms with van der Waals surface area (Å²) in [7, 11) is -4.91. The van der Waals surface area contributed by atoms with Crippen molar-refractivity contribution >= 4 is 16.1 Å². The summed E-state index contributed by atoms with van der Waals surface area (Å²) < 4.78 is 77.0. The van der Waals surface area contributed by atoms with Crippen LogP contribution in [-0.2, 0) is 24.4 Å². The quantitative estimate of drug-likeness (QED) is 0.612. The van der Waals surface area contributed by atoms with E-state index < -0.39 is 46.1 Å². The Morgan fingerprint density at radius 1 is 1.40 bits per heavy atom. The normalized spacial score (nSPS) is 31.3. The average Bonchev–Trinajstić information content (AvgIpc) is 2.86. The van der Waals surface area contributed by atoms with Crippen molar-refractivity contribution in [1.29, 1.82) is 0 Å². The van der Waals surface area contributed by atoms with Crippen molar-refractivity contribution in [1.82, 2.24) is 0 Å². The minimum Gasteiger partial charge on any atom is -0.451 e. The zero-order valence-corrected chi connectivity index (χ0v) is 11.0. The van der Waals surface area contributed by atoms with Crippen molar-refractivity contribution in [3.8, 4) is 0 Å². The molecule has 2 rings (SSSR count). The highest BCUT2D eigenvalue weighted by Gasteiger charge is 2.50. The second-order valence-electron chi connectivity index (χ2n) is 4.93. The summed E-state index contributed by atoms with van der Waals surface area (Å²) in [5.41, 5.74) is 0. The molecule has 2 saturated heterocycles. The van der Waals surface area contributed by atoms with Crippen LogP contribution in [0.4, 0.5) is 13.2 Å². The SMILES string of the molecule is O=C(OC(CS(=O)(=O)O)C(F)(F)F)C1CC2CCC1O2. The van der Waals surface area contributed by atoms with Crippen molar-refractivity contribution in [3.63, 3.8) is 0 Å². The molecule has 0 spiro atoms. The lowest BCUT2D eigenvalue weighted by molar-refractivity contribution is -0.218. The standard InChI is InChI=1S/C10H13F3O6S/c11-10(12,13)8(4-20(15,16)17)19-9(14)6-3-5-1-2-7(6)18-5/h5-8H,1-4H2,(H,15,16,17). The highest BCUT2D eigenvalue weighted by Crippen LogP contribution is 2.40. The maximum atomic E-state index is 12.6. The number of fused-ring (bicyclic) bond motifs is 2. The van der Waals surface area contributed by atoms with Crippen LogP contribution in [0.1, 0.15) is 19.3 Å². The first-order valence-corrected chi connectivity index (χ1v) is 7.55. The Hall–Kier alpha value is -0.870. The molecule has 0 saturated carbocycles. The van der Waals surface area contributed by atoms with Crippen molar-refractivity contribution in [2.75, 3.05) is 5.75 Å². The van der Waals surface area contributed by atoms with Crippen LogP contribution in [0.15, 0.2) is 0 Å². The molecule has 0 aliphatic carbocycles. The highest BCUT2D eigenvalue weighted by atomic mass is 32.2. The third kappa shape index (κ3) is 3.61. The van der Waals surface area contributed by atoms with Gasteiger partial charge < -0.3 is 9.47 Å². The second kappa shape index (κ2) is 5.15. The van der Waals surface area contributed by atoms with E-state index in [9.17, 15) is 26.4 Å². The van der Waals surface area contributed by atoms with Gasteiger partial charge in [0.2, 0.25) is 6.10 Å². The monoisotopic (exact) mass is 318 g/mol. The fraction of sp³-hybridized carbons (Fsp3) is 0.900. The van der Waals surface area contributed by atoms with Crippen LogP contribution >= 0.6 is 0 Å². The summed E-state index contributed by atoms with van der Waals surface area (Å²) in [5.74, 6) is -3.65. The Morgan fingerprint density at radius 3 is 2.45 bits per heavy atom. The Morgan fingerprint density at radius 2 is 2.05 bits per heavy atom. The van der Waals surface area contributed by atoms with Gasteiger partial charge in [0.05, 0.1) is 18.1 Å². The number of ether oxygens (including phenoxy) is 2. The molecular formula is C10H13F3O6S. The molecule has 0 radical (unpaired) electrons. The zero-order valence-electron chi connectivity index (χ0n) is 10.2. The van der Waals surface area contributed by atoms with Gasteiger partial charge in [0.1, 0.15) is 5.75 Å². The number of carbonyl (C=O) groups is 1. The van der Waals surface area contributed by atoms with Gasteiger partial charge >= 0.3 is 12.1 Å². The number of hydrogen-bond donors (Lipinski definition) is 1. The van der Waals surface area contributed by atoms with Crippen molar-refractivity contribution in [2.24, 2.45) is 5.92 Å². The van der Waals surface area contributed by atoms with E-state index in [0.717, 1.165) is 6.42 Å². The van der Waals surface area contributed by atoms with Gasteiger partial charge in [0.15, 0.2) is 0 Å². The van der Waals surface area contributed by atoms with E-state index in [-0.39, 0.29) is 12.5 Å². The van der Waals surface area contributed by atoms with Crippen LogP contribution in [0, 0.1) is 5.92 Å². The smallest absolute Gasteiger partial charge is 0.426 e. The van der Waals surface area contributed by atoms with Gasteiger partial charge in [-0.2, -0.15) is 21.6 Å². The molecule has 116 valence electrons. The lowest BCUT2D eigenvalue weighted by Crippen LogP contribution is -2.42. The lowest BCUT2D eigenvalue weighted by Gasteiger charge is -2.23. The molecule has 2 aliphatic heterocycles. The number of rotatable bonds is 4. The Balaban J connectivity index is 2.02. The fourth-order valence-corrected chi connectivity index (χ4v) is 3.14. The molecule has 0 aromatic rings. The van der Waals surface area contributed by atoms with Crippen LogP contribution in [0.2, 0.25) is 0 Å². The van der Waals surface area contributed by atoms with E-state index in [1.165, 1.54) is 0 Å². The van der Waals surface area contributed by atoms with E-state index in [0.29, 0.717) is 6.42 Å². The molecule has 4 atom stereocenters. The van der Waals surface area contributed by atoms with Gasteiger partial charge in [0.25, 0.3) is 10.1 Å². The van der Waals surface area contributed by atoms with Crippen LogP contribution in [0.3, 0.4) is 0 Å². The minimum absolute atomic E-state index is 0.150. The van der Waals surface area contributed by atoms with E-state index in [4.69, 9.17) is 9.29 Å². The van der Waals surface area contributed by atoms with E-state index in [1.807, 2.05) is 0 Å². The summed E-state index contributed by atoms with van der Waals surface area (Å²) in [4.78, 5) is 11.7. The van der Waals surface area contributed by atoms with E-state index in [1.54, 1.807) is 0 Å². The molecule has 0 aromatic carbocycles. The maximum Gasteiger partial charge on any atom is 0.426 e. The van der Waals surface area contributed by atoms with Gasteiger partial charge in [-0.25, -0.2) is 0 Å². The first kappa shape index (κ1) is 15.5. The van der Waals surface area contributed by atoms with Gasteiger partial charge in [-0.05, 0) is 19.3 Å². The Bertz CT molecular complexity index is 488. The molecule has 2 heterocycles. The summed E-state index contributed by atoms with van der Waals surface area (Å²) in [5, 5.41) is 0. The zero-order chi connectivity index (χ0) is 15.1. The molecule has 6 nitrogen and oxygen atoms in total. The predicted octanol–water partition coefficient (Wildman–Crippen LogP) is 0.916. The Kier molecular flexibility index (Phi) is 4.00. The predicted molar refractivity (Wildman–Crippen MR) is 58.4 cm³/mol. The molecule has 10 heteroatoms. The van der Waals surface area contributed by atoms with Gasteiger partial charge in [-0.1, -0.05) is 0 Å². The molecular weight excluding hydrogens is 305 g/mol. The number of alkyl halides is 3. The maximum absolute atomic E-state index is 12.6. The number of esters is 1. The molecule has 2 aliphatic rings. The summed E-state index contributed by atoms with van der Waals surface area (Å²) >= 11 is 0. The van der Waals surface area contributed by atoms with E-state index in [2.05, 4.69) is 4.74 Å². The summed E-state index contributed by atoms with van der Waals surface area (Å²) in [6, 6.07) is 0. The van der Waals surface area contributed by atoms with Gasteiger partial charge in [-0.15, -0.1) is 0 Å². The average molecular weight is 318 g/mol. The molecule has 1 N–H and O–H groups in total. The topological polar surface area (TPSA) is 89.9 Å². The molecule has 4 unspecified atom stereocenters. The van der Waals surface area contributed by atoms with Crippen LogP contribution in [0.25, 0.3) is 0 Å². The molecule has 0 amide bonds. The highest BCUT2D eigenvalue weighted by molar-refractivity contribution is 7.85. The molecule has 20 heavy (non-hydrogen) atoms. The van der Waals surface area contributed by atoms with Crippen molar-refractivity contribution in [2.45, 2.75) is 43.8 Å². The number of hydrogen-bond acceptors (Lipinski definition) is 5. The van der Waals surface area contributed by atoms with Gasteiger partial charge in [-0.3, -0.25) is 9.35 Å². The summed E-state index contributed by atoms with van der Waals surface area (Å²) in [6.45, 7) is 0. The molecule has 2 bridgehead atoms. The number of halogens is 3. The number of carbonyl (C=O) groups excluding carboxylic acids is 1.